The molecule has 1 aromatic heterocycles. The van der Waals surface area contributed by atoms with Gasteiger partial charge in [-0.25, -0.2) is 4.39 Å². The van der Waals surface area contributed by atoms with Crippen molar-refractivity contribution in [3.63, 3.8) is 0 Å². The van der Waals surface area contributed by atoms with E-state index in [1.165, 1.54) is 16.7 Å². The van der Waals surface area contributed by atoms with Gasteiger partial charge in [0.1, 0.15) is 10.8 Å². The van der Waals surface area contributed by atoms with Crippen LogP contribution >= 0.6 is 12.2 Å². The normalized spacial score (nSPS) is 10.3. The van der Waals surface area contributed by atoms with Crippen molar-refractivity contribution in [1.82, 2.24) is 4.57 Å². The number of pyridine rings is 1. The Morgan fingerprint density at radius 1 is 1.22 bits per heavy atom. The molecule has 0 bridgehead atoms. The number of benzene rings is 1. The van der Waals surface area contributed by atoms with Gasteiger partial charge in [0.25, 0.3) is 5.56 Å². The third kappa shape index (κ3) is 2.17. The first-order chi connectivity index (χ1) is 8.50. The molecule has 0 aliphatic rings. The third-order valence-corrected chi connectivity index (χ3v) is 2.93. The van der Waals surface area contributed by atoms with E-state index in [2.05, 4.69) is 0 Å². The van der Waals surface area contributed by atoms with E-state index in [1.54, 1.807) is 31.3 Å². The lowest BCUT2D eigenvalue weighted by Crippen LogP contribution is -2.28. The van der Waals surface area contributed by atoms with Crippen molar-refractivity contribution in [1.29, 1.82) is 0 Å². The molecule has 5 heteroatoms. The first-order valence-electron chi connectivity index (χ1n) is 5.26. The van der Waals surface area contributed by atoms with Gasteiger partial charge in [-0.05, 0) is 42.0 Å². The highest BCUT2D eigenvalue weighted by atomic mass is 32.1. The number of hydrogen-bond donors (Lipinski definition) is 1. The van der Waals surface area contributed by atoms with Gasteiger partial charge < -0.3 is 10.3 Å². The summed E-state index contributed by atoms with van der Waals surface area (Å²) in [7, 11) is 1.63. The van der Waals surface area contributed by atoms with Crippen molar-refractivity contribution in [2.24, 2.45) is 12.8 Å². The van der Waals surface area contributed by atoms with E-state index in [-0.39, 0.29) is 16.4 Å². The Balaban J connectivity index is 2.61. The van der Waals surface area contributed by atoms with Crippen LogP contribution in [0.3, 0.4) is 0 Å². The zero-order chi connectivity index (χ0) is 13.3. The number of rotatable bonds is 2. The summed E-state index contributed by atoms with van der Waals surface area (Å²) in [6.45, 7) is 0. The van der Waals surface area contributed by atoms with Crippen molar-refractivity contribution in [3.8, 4) is 11.3 Å². The van der Waals surface area contributed by atoms with Crippen molar-refractivity contribution in [2.75, 3.05) is 0 Å². The number of hydrogen-bond acceptors (Lipinski definition) is 2. The molecule has 0 unspecified atom stereocenters. The number of aromatic nitrogens is 1. The zero-order valence-electron chi connectivity index (χ0n) is 9.68. The molecule has 1 aromatic carbocycles. The van der Waals surface area contributed by atoms with Gasteiger partial charge in [-0.15, -0.1) is 0 Å². The molecular weight excluding hydrogens is 251 g/mol. The molecule has 0 spiro atoms. The van der Waals surface area contributed by atoms with Gasteiger partial charge in [0.05, 0.1) is 11.3 Å². The topological polar surface area (TPSA) is 48.0 Å². The zero-order valence-corrected chi connectivity index (χ0v) is 10.5. The molecule has 1 heterocycles. The number of thiocarbonyl (C=S) groups is 1. The van der Waals surface area contributed by atoms with Crippen molar-refractivity contribution < 1.29 is 4.39 Å². The lowest BCUT2D eigenvalue weighted by molar-refractivity contribution is 0.628. The fourth-order valence-corrected chi connectivity index (χ4v) is 1.89. The van der Waals surface area contributed by atoms with Gasteiger partial charge in [0.2, 0.25) is 0 Å². The Bertz CT molecular complexity index is 662. The number of nitrogens with zero attached hydrogens (tertiary/aromatic N) is 1. The SMILES string of the molecule is Cn1c(-c2ccc(F)cc2)ccc(C(N)=S)c1=O. The van der Waals surface area contributed by atoms with Gasteiger partial charge >= 0.3 is 0 Å². The second-order valence-corrected chi connectivity index (χ2v) is 4.31. The van der Waals surface area contributed by atoms with E-state index >= 15 is 0 Å². The van der Waals surface area contributed by atoms with Crippen molar-refractivity contribution in [2.45, 2.75) is 0 Å². The lowest BCUT2D eigenvalue weighted by Gasteiger charge is -2.10. The molecule has 0 amide bonds. The van der Waals surface area contributed by atoms with Crippen LogP contribution in [0.25, 0.3) is 11.3 Å². The maximum absolute atomic E-state index is 12.9. The monoisotopic (exact) mass is 262 g/mol. The van der Waals surface area contributed by atoms with Gasteiger partial charge in [-0.3, -0.25) is 4.79 Å². The summed E-state index contributed by atoms with van der Waals surface area (Å²) in [6, 6.07) is 9.25. The smallest absolute Gasteiger partial charge is 0.261 e. The van der Waals surface area contributed by atoms with Gasteiger partial charge in [-0.2, -0.15) is 0 Å². The maximum Gasteiger partial charge on any atom is 0.261 e. The lowest BCUT2D eigenvalue weighted by atomic mass is 10.1. The van der Waals surface area contributed by atoms with E-state index < -0.39 is 0 Å². The van der Waals surface area contributed by atoms with E-state index in [0.717, 1.165) is 5.56 Å². The summed E-state index contributed by atoms with van der Waals surface area (Å²) in [4.78, 5) is 12.1. The Morgan fingerprint density at radius 3 is 2.39 bits per heavy atom. The molecule has 92 valence electrons. The van der Waals surface area contributed by atoms with Crippen LogP contribution in [0.2, 0.25) is 0 Å². The van der Waals surface area contributed by atoms with E-state index in [0.29, 0.717) is 11.3 Å². The highest BCUT2D eigenvalue weighted by Crippen LogP contribution is 2.17. The first-order valence-corrected chi connectivity index (χ1v) is 5.67. The largest absolute Gasteiger partial charge is 0.389 e. The van der Waals surface area contributed by atoms with E-state index in [1.807, 2.05) is 0 Å². The van der Waals surface area contributed by atoms with Crippen LogP contribution in [-0.4, -0.2) is 9.56 Å². The summed E-state index contributed by atoms with van der Waals surface area (Å²) >= 11 is 4.80. The fraction of sp³-hybridized carbons (Fsp3) is 0.0769. The van der Waals surface area contributed by atoms with E-state index in [9.17, 15) is 9.18 Å². The molecule has 0 aliphatic heterocycles. The summed E-state index contributed by atoms with van der Waals surface area (Å²) < 4.78 is 14.3. The quantitative estimate of drug-likeness (QED) is 0.840. The van der Waals surface area contributed by atoms with Gasteiger partial charge in [-0.1, -0.05) is 12.2 Å². The van der Waals surface area contributed by atoms with Crippen LogP contribution in [-0.2, 0) is 7.05 Å². The molecule has 0 saturated carbocycles. The first kappa shape index (κ1) is 12.4. The predicted molar refractivity (Wildman–Crippen MR) is 73.0 cm³/mol. The molecule has 0 fully saturated rings. The average molecular weight is 262 g/mol. The molecule has 0 saturated heterocycles. The Hall–Kier alpha value is -2.01. The van der Waals surface area contributed by atoms with Crippen LogP contribution in [0, 0.1) is 5.82 Å². The van der Waals surface area contributed by atoms with Gasteiger partial charge in [0, 0.05) is 7.05 Å². The van der Waals surface area contributed by atoms with E-state index in [4.69, 9.17) is 18.0 Å². The molecule has 0 atom stereocenters. The Morgan fingerprint density at radius 2 is 1.83 bits per heavy atom. The minimum absolute atomic E-state index is 0.0706. The average Bonchev–Trinajstić information content (AvgIpc) is 2.33. The molecule has 18 heavy (non-hydrogen) atoms. The second kappa shape index (κ2) is 4.70. The molecule has 3 nitrogen and oxygen atoms in total. The minimum atomic E-state index is -0.316. The molecule has 2 aromatic rings. The molecular formula is C13H11FN2OS. The maximum atomic E-state index is 12.9. The summed E-state index contributed by atoms with van der Waals surface area (Å²) in [5.74, 6) is -0.316. The van der Waals surface area contributed by atoms with Crippen molar-refractivity contribution >= 4 is 17.2 Å². The third-order valence-electron chi connectivity index (χ3n) is 2.71. The highest BCUT2D eigenvalue weighted by molar-refractivity contribution is 7.80. The Labute approximate surface area is 109 Å². The summed E-state index contributed by atoms with van der Waals surface area (Å²) in [5, 5.41) is 0. The molecule has 0 radical (unpaired) electrons. The standard InChI is InChI=1S/C13H11FN2OS/c1-16-11(8-2-4-9(14)5-3-8)7-6-10(12(15)18)13(16)17/h2-7H,1H3,(H2,15,18). The van der Waals surface area contributed by atoms with Crippen LogP contribution in [0.5, 0.6) is 0 Å². The van der Waals surface area contributed by atoms with Crippen LogP contribution in [0.4, 0.5) is 4.39 Å². The fourth-order valence-electron chi connectivity index (χ4n) is 1.73. The van der Waals surface area contributed by atoms with Gasteiger partial charge in [0.15, 0.2) is 0 Å². The van der Waals surface area contributed by atoms with Crippen LogP contribution < -0.4 is 11.3 Å². The summed E-state index contributed by atoms with van der Waals surface area (Å²) in [5.41, 5.74) is 6.94. The number of halogens is 1. The van der Waals surface area contributed by atoms with Crippen molar-refractivity contribution in [3.05, 3.63) is 58.1 Å². The Kier molecular flexibility index (Phi) is 3.25. The second-order valence-electron chi connectivity index (χ2n) is 3.87. The van der Waals surface area contributed by atoms with Crippen LogP contribution in [0.1, 0.15) is 5.56 Å². The molecule has 0 aliphatic carbocycles. The summed E-state index contributed by atoms with van der Waals surface area (Å²) in [6.07, 6.45) is 0. The molecule has 2 rings (SSSR count). The molecule has 2 N–H and O–H groups in total. The number of nitrogens with two attached hydrogens (primary N) is 1. The van der Waals surface area contributed by atoms with Crippen LogP contribution in [0.15, 0.2) is 41.2 Å². The predicted octanol–water partition coefficient (Wildman–Crippen LogP) is 1.83. The highest BCUT2D eigenvalue weighted by Gasteiger charge is 2.09. The minimum Gasteiger partial charge on any atom is -0.389 e.